The van der Waals surface area contributed by atoms with Crippen molar-refractivity contribution in [3.8, 4) is 11.3 Å². The van der Waals surface area contributed by atoms with Gasteiger partial charge in [0.2, 0.25) is 0 Å². The van der Waals surface area contributed by atoms with Gasteiger partial charge in [-0.1, -0.05) is 0 Å². The Kier molecular flexibility index (Phi) is 3.38. The molecule has 1 saturated carbocycles. The van der Waals surface area contributed by atoms with Crippen LogP contribution in [-0.2, 0) is 6.54 Å². The van der Waals surface area contributed by atoms with E-state index in [4.69, 9.17) is 5.73 Å². The fourth-order valence-corrected chi connectivity index (χ4v) is 2.87. The van der Waals surface area contributed by atoms with Crippen LogP contribution in [0.3, 0.4) is 0 Å². The maximum absolute atomic E-state index is 5.98. The Bertz CT molecular complexity index is 534. The molecule has 2 aromatic heterocycles. The summed E-state index contributed by atoms with van der Waals surface area (Å²) in [6.07, 6.45) is 12.4. The van der Waals surface area contributed by atoms with Crippen LogP contribution in [0.15, 0.2) is 24.9 Å². The largest absolute Gasteiger partial charge is 0.328 e. The summed E-state index contributed by atoms with van der Waals surface area (Å²) < 4.78 is 4.24. The van der Waals surface area contributed by atoms with E-state index in [1.54, 1.807) is 0 Å². The third-order valence-electron chi connectivity index (χ3n) is 4.05. The smallest absolute Gasteiger partial charge is 0.0953 e. The molecule has 2 N–H and O–H groups in total. The standard InChI is InChI=1S/C14H21N5/c1-2-18-9-11(7-17-18)14-8-16-10-19(14)13-5-3-12(15)4-6-13/h7-10,12-13H,2-6,15H2,1H3. The summed E-state index contributed by atoms with van der Waals surface area (Å²) in [5, 5.41) is 4.34. The number of rotatable bonds is 3. The van der Waals surface area contributed by atoms with Crippen molar-refractivity contribution in [2.75, 3.05) is 0 Å². The summed E-state index contributed by atoms with van der Waals surface area (Å²) in [6.45, 7) is 2.99. The maximum atomic E-state index is 5.98. The lowest BCUT2D eigenvalue weighted by molar-refractivity contribution is 0.325. The second kappa shape index (κ2) is 5.17. The summed E-state index contributed by atoms with van der Waals surface area (Å²) in [7, 11) is 0. The summed E-state index contributed by atoms with van der Waals surface area (Å²) in [5.74, 6) is 0. The molecule has 102 valence electrons. The molecule has 0 atom stereocenters. The minimum absolute atomic E-state index is 0.381. The number of imidazole rings is 1. The molecule has 5 nitrogen and oxygen atoms in total. The Morgan fingerprint density at radius 3 is 2.74 bits per heavy atom. The summed E-state index contributed by atoms with van der Waals surface area (Å²) in [5.41, 5.74) is 8.30. The second-order valence-electron chi connectivity index (χ2n) is 5.34. The fraction of sp³-hybridized carbons (Fsp3) is 0.571. The Hall–Kier alpha value is -1.62. The van der Waals surface area contributed by atoms with Gasteiger partial charge in [-0.2, -0.15) is 5.10 Å². The number of hydrogen-bond donors (Lipinski definition) is 1. The van der Waals surface area contributed by atoms with Crippen LogP contribution >= 0.6 is 0 Å². The van der Waals surface area contributed by atoms with Gasteiger partial charge in [0.05, 0.1) is 24.4 Å². The van der Waals surface area contributed by atoms with Crippen LogP contribution in [0.5, 0.6) is 0 Å². The highest BCUT2D eigenvalue weighted by Crippen LogP contribution is 2.31. The van der Waals surface area contributed by atoms with Gasteiger partial charge in [-0.25, -0.2) is 4.98 Å². The molecule has 0 radical (unpaired) electrons. The van der Waals surface area contributed by atoms with Gasteiger partial charge in [0.1, 0.15) is 0 Å². The minimum atomic E-state index is 0.381. The average molecular weight is 259 g/mol. The third kappa shape index (κ3) is 2.42. The molecule has 1 aliphatic carbocycles. The molecule has 0 unspecified atom stereocenters. The number of hydrogen-bond acceptors (Lipinski definition) is 3. The van der Waals surface area contributed by atoms with E-state index in [0.29, 0.717) is 12.1 Å². The summed E-state index contributed by atoms with van der Waals surface area (Å²) in [4.78, 5) is 4.32. The molecule has 0 bridgehead atoms. The normalized spacial score (nSPS) is 23.7. The van der Waals surface area contributed by atoms with Crippen LogP contribution in [-0.4, -0.2) is 25.4 Å². The molecule has 5 heteroatoms. The van der Waals surface area contributed by atoms with Crippen molar-refractivity contribution in [3.63, 3.8) is 0 Å². The maximum Gasteiger partial charge on any atom is 0.0953 e. The van der Waals surface area contributed by atoms with Gasteiger partial charge in [0.15, 0.2) is 0 Å². The molecule has 3 rings (SSSR count). The molecule has 1 aliphatic rings. The number of nitrogens with two attached hydrogens (primary N) is 1. The van der Waals surface area contributed by atoms with E-state index in [9.17, 15) is 0 Å². The van der Waals surface area contributed by atoms with Crippen LogP contribution < -0.4 is 5.73 Å². The SMILES string of the molecule is CCn1cc(-c2cncn2C2CCC(N)CC2)cn1. The van der Waals surface area contributed by atoms with Gasteiger partial charge in [0, 0.05) is 30.4 Å². The van der Waals surface area contributed by atoms with E-state index in [1.807, 2.05) is 23.4 Å². The Morgan fingerprint density at radius 2 is 2.05 bits per heavy atom. The Labute approximate surface area is 113 Å². The summed E-state index contributed by atoms with van der Waals surface area (Å²) in [6, 6.07) is 0.910. The van der Waals surface area contributed by atoms with Gasteiger partial charge in [-0.05, 0) is 32.6 Å². The fourth-order valence-electron chi connectivity index (χ4n) is 2.87. The first-order valence-electron chi connectivity index (χ1n) is 7.08. The van der Waals surface area contributed by atoms with Gasteiger partial charge in [0.25, 0.3) is 0 Å². The lowest BCUT2D eigenvalue weighted by atomic mass is 9.91. The molecule has 0 spiro atoms. The molecular formula is C14H21N5. The summed E-state index contributed by atoms with van der Waals surface area (Å²) >= 11 is 0. The number of nitrogens with zero attached hydrogens (tertiary/aromatic N) is 4. The molecule has 1 fully saturated rings. The van der Waals surface area contributed by atoms with Crippen LogP contribution in [0.1, 0.15) is 38.6 Å². The Morgan fingerprint density at radius 1 is 1.26 bits per heavy atom. The van der Waals surface area contributed by atoms with Gasteiger partial charge < -0.3 is 10.3 Å². The van der Waals surface area contributed by atoms with Crippen molar-refractivity contribution in [2.24, 2.45) is 5.73 Å². The molecule has 0 saturated heterocycles. The van der Waals surface area contributed by atoms with E-state index < -0.39 is 0 Å². The van der Waals surface area contributed by atoms with Gasteiger partial charge >= 0.3 is 0 Å². The van der Waals surface area contributed by atoms with E-state index in [2.05, 4.69) is 27.8 Å². The molecule has 2 heterocycles. The van der Waals surface area contributed by atoms with Crippen LogP contribution in [0.2, 0.25) is 0 Å². The zero-order valence-corrected chi connectivity index (χ0v) is 11.4. The van der Waals surface area contributed by atoms with Crippen molar-refractivity contribution < 1.29 is 0 Å². The topological polar surface area (TPSA) is 61.7 Å². The quantitative estimate of drug-likeness (QED) is 0.919. The second-order valence-corrected chi connectivity index (χ2v) is 5.34. The molecule has 2 aromatic rings. The minimum Gasteiger partial charge on any atom is -0.328 e. The first-order valence-corrected chi connectivity index (χ1v) is 7.08. The highest BCUT2D eigenvalue weighted by atomic mass is 15.3. The lowest BCUT2D eigenvalue weighted by Crippen LogP contribution is -2.27. The molecule has 0 aromatic carbocycles. The van der Waals surface area contributed by atoms with E-state index in [1.165, 1.54) is 5.69 Å². The van der Waals surface area contributed by atoms with Crippen LogP contribution in [0, 0.1) is 0 Å². The zero-order chi connectivity index (χ0) is 13.2. The van der Waals surface area contributed by atoms with Crippen LogP contribution in [0.4, 0.5) is 0 Å². The first kappa shape index (κ1) is 12.4. The third-order valence-corrected chi connectivity index (χ3v) is 4.05. The predicted octanol–water partition coefficient (Wildman–Crippen LogP) is 2.21. The van der Waals surface area contributed by atoms with E-state index >= 15 is 0 Å². The first-order chi connectivity index (χ1) is 9.28. The number of aryl methyl sites for hydroxylation is 1. The van der Waals surface area contributed by atoms with Crippen molar-refractivity contribution in [1.29, 1.82) is 0 Å². The zero-order valence-electron chi connectivity index (χ0n) is 11.4. The molecule has 0 aliphatic heterocycles. The van der Waals surface area contributed by atoms with Crippen molar-refractivity contribution in [2.45, 2.75) is 51.2 Å². The molecule has 19 heavy (non-hydrogen) atoms. The molecular weight excluding hydrogens is 238 g/mol. The highest BCUT2D eigenvalue weighted by molar-refractivity contribution is 5.56. The predicted molar refractivity (Wildman–Crippen MR) is 74.6 cm³/mol. The number of aromatic nitrogens is 4. The van der Waals surface area contributed by atoms with Crippen molar-refractivity contribution in [3.05, 3.63) is 24.9 Å². The van der Waals surface area contributed by atoms with Gasteiger partial charge in [-0.3, -0.25) is 4.68 Å². The van der Waals surface area contributed by atoms with E-state index in [0.717, 1.165) is 37.8 Å². The lowest BCUT2D eigenvalue weighted by Gasteiger charge is -2.28. The molecule has 0 amide bonds. The van der Waals surface area contributed by atoms with Gasteiger partial charge in [-0.15, -0.1) is 0 Å². The average Bonchev–Trinajstić information content (AvgIpc) is 3.07. The van der Waals surface area contributed by atoms with Crippen molar-refractivity contribution in [1.82, 2.24) is 19.3 Å². The Balaban J connectivity index is 1.85. The highest BCUT2D eigenvalue weighted by Gasteiger charge is 2.22. The van der Waals surface area contributed by atoms with Crippen LogP contribution in [0.25, 0.3) is 11.3 Å². The van der Waals surface area contributed by atoms with E-state index in [-0.39, 0.29) is 0 Å². The monoisotopic (exact) mass is 259 g/mol. The van der Waals surface area contributed by atoms with Crippen molar-refractivity contribution >= 4 is 0 Å².